The number of carbonyl (C=O) groups is 1. The fourth-order valence-electron chi connectivity index (χ4n) is 2.86. The third-order valence-electron chi connectivity index (χ3n) is 4.69. The van der Waals surface area contributed by atoms with Gasteiger partial charge in [0.2, 0.25) is 5.88 Å². The Kier molecular flexibility index (Phi) is 6.16. The number of ether oxygens (including phenoxy) is 3. The Morgan fingerprint density at radius 2 is 2.00 bits per heavy atom. The highest BCUT2D eigenvalue weighted by atomic mass is 16.5. The molecule has 0 unspecified atom stereocenters. The lowest BCUT2D eigenvalue weighted by molar-refractivity contribution is 0.244. The minimum atomic E-state index is -0.578. The Morgan fingerprint density at radius 3 is 2.65 bits per heavy atom. The molecule has 3 aromatic rings. The van der Waals surface area contributed by atoms with Gasteiger partial charge < -0.3 is 25.3 Å². The van der Waals surface area contributed by atoms with Gasteiger partial charge in [0.1, 0.15) is 12.4 Å². The molecule has 3 N–H and O–H groups in total. The van der Waals surface area contributed by atoms with E-state index in [1.54, 1.807) is 24.1 Å². The number of nitrogens with two attached hydrogens (primary N) is 1. The first kappa shape index (κ1) is 20.5. The molecule has 0 radical (unpaired) electrons. The number of pyridine rings is 1. The van der Waals surface area contributed by atoms with Gasteiger partial charge in [-0.15, -0.1) is 5.10 Å². The van der Waals surface area contributed by atoms with Gasteiger partial charge in [0, 0.05) is 11.6 Å². The lowest BCUT2D eigenvalue weighted by Gasteiger charge is -2.08. The van der Waals surface area contributed by atoms with Gasteiger partial charge in [-0.25, -0.2) is 14.5 Å². The zero-order valence-corrected chi connectivity index (χ0v) is 17.2. The number of aromatic nitrogens is 4. The van der Waals surface area contributed by atoms with Crippen LogP contribution >= 0.6 is 0 Å². The van der Waals surface area contributed by atoms with Crippen molar-refractivity contribution in [3.05, 3.63) is 42.6 Å². The quantitative estimate of drug-likeness (QED) is 0.478. The lowest BCUT2D eigenvalue weighted by atomic mass is 10.2. The van der Waals surface area contributed by atoms with E-state index < -0.39 is 6.03 Å². The van der Waals surface area contributed by atoms with Crippen molar-refractivity contribution in [2.75, 3.05) is 26.9 Å². The molecule has 1 aromatic carbocycles. The first-order chi connectivity index (χ1) is 15.1. The van der Waals surface area contributed by atoms with Crippen molar-refractivity contribution in [1.29, 1.82) is 0 Å². The molecule has 0 atom stereocenters. The van der Waals surface area contributed by atoms with Gasteiger partial charge in [-0.3, -0.25) is 0 Å². The first-order valence-electron chi connectivity index (χ1n) is 9.99. The summed E-state index contributed by atoms with van der Waals surface area (Å²) in [6, 6.07) is 10.8. The highest BCUT2D eigenvalue weighted by Gasteiger charge is 2.23. The van der Waals surface area contributed by atoms with E-state index in [4.69, 9.17) is 19.9 Å². The average Bonchev–Trinajstić information content (AvgIpc) is 3.53. The fourth-order valence-corrected chi connectivity index (χ4v) is 2.86. The Bertz CT molecular complexity index is 1020. The number of amides is 2. The van der Waals surface area contributed by atoms with Gasteiger partial charge in [0.25, 0.3) is 0 Å². The van der Waals surface area contributed by atoms with Crippen molar-refractivity contribution >= 4 is 6.03 Å². The number of nitrogens with one attached hydrogen (secondary N) is 1. The van der Waals surface area contributed by atoms with E-state index in [0.717, 1.165) is 11.3 Å². The van der Waals surface area contributed by atoms with E-state index in [1.165, 1.54) is 12.8 Å². The van der Waals surface area contributed by atoms with Crippen LogP contribution in [0.4, 0.5) is 4.79 Å². The summed E-state index contributed by atoms with van der Waals surface area (Å²) in [4.78, 5) is 19.6. The van der Waals surface area contributed by atoms with Gasteiger partial charge in [0.05, 0.1) is 32.1 Å². The number of carbonyl (C=O) groups excluding carboxylic acids is 1. The highest BCUT2D eigenvalue weighted by molar-refractivity contribution is 5.71. The van der Waals surface area contributed by atoms with Crippen LogP contribution in [-0.4, -0.2) is 52.6 Å². The van der Waals surface area contributed by atoms with E-state index in [2.05, 4.69) is 20.4 Å². The third kappa shape index (κ3) is 5.41. The zero-order valence-electron chi connectivity index (χ0n) is 17.2. The Labute approximate surface area is 179 Å². The largest absolute Gasteiger partial charge is 0.492 e. The Balaban J connectivity index is 1.54. The van der Waals surface area contributed by atoms with Crippen molar-refractivity contribution < 1.29 is 19.0 Å². The van der Waals surface area contributed by atoms with Gasteiger partial charge in [-0.2, -0.15) is 4.98 Å². The molecule has 2 amide bonds. The number of nitrogens with zero attached hydrogens (tertiary/aromatic N) is 4. The molecule has 0 spiro atoms. The van der Waals surface area contributed by atoms with E-state index in [1.807, 2.05) is 30.3 Å². The summed E-state index contributed by atoms with van der Waals surface area (Å²) in [7, 11) is 1.57. The number of rotatable bonds is 10. The van der Waals surface area contributed by atoms with E-state index in [0.29, 0.717) is 49.1 Å². The van der Waals surface area contributed by atoms with Crippen molar-refractivity contribution in [2.45, 2.75) is 12.8 Å². The lowest BCUT2D eigenvalue weighted by Crippen LogP contribution is -2.32. The van der Waals surface area contributed by atoms with E-state index >= 15 is 0 Å². The van der Waals surface area contributed by atoms with Crippen LogP contribution in [0, 0.1) is 5.92 Å². The van der Waals surface area contributed by atoms with Crippen molar-refractivity contribution in [3.8, 4) is 34.7 Å². The molecular weight excluding hydrogens is 400 g/mol. The highest BCUT2D eigenvalue weighted by Crippen LogP contribution is 2.30. The molecule has 1 aliphatic carbocycles. The Morgan fingerprint density at radius 1 is 1.19 bits per heavy atom. The summed E-state index contributed by atoms with van der Waals surface area (Å²) >= 11 is 0. The molecule has 10 nitrogen and oxygen atoms in total. The molecule has 1 aliphatic rings. The summed E-state index contributed by atoms with van der Waals surface area (Å²) < 4.78 is 18.2. The summed E-state index contributed by atoms with van der Waals surface area (Å²) in [5.41, 5.74) is 6.61. The first-order valence-corrected chi connectivity index (χ1v) is 9.99. The zero-order chi connectivity index (χ0) is 21.6. The standard InChI is InChI=1S/C21H24N6O4/c1-29-18-9-6-16(12-24-18)27-19(25-21(26-27)31-13-14-2-3-14)15-4-7-17(8-5-15)30-11-10-23-20(22)28/h4-9,12,14H,2-3,10-11,13H2,1H3,(H3,22,23,28). The molecule has 31 heavy (non-hydrogen) atoms. The molecule has 0 aliphatic heterocycles. The molecule has 0 bridgehead atoms. The number of hydrogen-bond acceptors (Lipinski definition) is 7. The Hall–Kier alpha value is -3.82. The predicted octanol–water partition coefficient (Wildman–Crippen LogP) is 2.17. The molecular formula is C21H24N6O4. The molecule has 2 heterocycles. The maximum absolute atomic E-state index is 10.7. The van der Waals surface area contributed by atoms with Crippen molar-refractivity contribution in [3.63, 3.8) is 0 Å². The van der Waals surface area contributed by atoms with E-state index in [-0.39, 0.29) is 0 Å². The summed E-state index contributed by atoms with van der Waals surface area (Å²) in [5.74, 6) is 2.40. The van der Waals surface area contributed by atoms with Gasteiger partial charge >= 0.3 is 12.0 Å². The number of primary amides is 1. The molecule has 2 aromatic heterocycles. The van der Waals surface area contributed by atoms with Crippen molar-refractivity contribution in [2.24, 2.45) is 11.7 Å². The second-order valence-electron chi connectivity index (χ2n) is 7.11. The SMILES string of the molecule is COc1ccc(-n2nc(OCC3CC3)nc2-c2ccc(OCCNC(N)=O)cc2)cn1. The van der Waals surface area contributed by atoms with Crippen LogP contribution in [0.15, 0.2) is 42.6 Å². The predicted molar refractivity (Wildman–Crippen MR) is 112 cm³/mol. The molecule has 4 rings (SSSR count). The minimum Gasteiger partial charge on any atom is -0.492 e. The normalized spacial score (nSPS) is 12.9. The second kappa shape index (κ2) is 9.33. The second-order valence-corrected chi connectivity index (χ2v) is 7.11. The molecule has 1 fully saturated rings. The van der Waals surface area contributed by atoms with Gasteiger partial charge in [0.15, 0.2) is 5.82 Å². The minimum absolute atomic E-state index is 0.315. The van der Waals surface area contributed by atoms with Gasteiger partial charge in [-0.1, -0.05) is 0 Å². The number of hydrogen-bond donors (Lipinski definition) is 2. The van der Waals surface area contributed by atoms with Crippen LogP contribution in [0.5, 0.6) is 17.6 Å². The summed E-state index contributed by atoms with van der Waals surface area (Å²) in [5, 5.41) is 7.01. The van der Waals surface area contributed by atoms with Crippen LogP contribution in [0.1, 0.15) is 12.8 Å². The van der Waals surface area contributed by atoms with Crippen LogP contribution < -0.4 is 25.3 Å². The smallest absolute Gasteiger partial charge is 0.336 e. The van der Waals surface area contributed by atoms with E-state index in [9.17, 15) is 4.79 Å². The topological polar surface area (TPSA) is 126 Å². The fraction of sp³-hybridized carbons (Fsp3) is 0.333. The third-order valence-corrected chi connectivity index (χ3v) is 4.69. The summed E-state index contributed by atoms with van der Waals surface area (Å²) in [6.07, 6.45) is 4.05. The van der Waals surface area contributed by atoms with Gasteiger partial charge in [-0.05, 0) is 49.1 Å². The maximum atomic E-state index is 10.7. The number of methoxy groups -OCH3 is 1. The number of urea groups is 1. The van der Waals surface area contributed by atoms with Crippen LogP contribution in [0.2, 0.25) is 0 Å². The molecule has 1 saturated carbocycles. The molecule has 162 valence electrons. The van der Waals surface area contributed by atoms with Crippen LogP contribution in [0.25, 0.3) is 17.1 Å². The number of benzene rings is 1. The van der Waals surface area contributed by atoms with Crippen LogP contribution in [0.3, 0.4) is 0 Å². The molecule has 0 saturated heterocycles. The average molecular weight is 424 g/mol. The monoisotopic (exact) mass is 424 g/mol. The van der Waals surface area contributed by atoms with Crippen molar-refractivity contribution in [1.82, 2.24) is 25.1 Å². The summed E-state index contributed by atoms with van der Waals surface area (Å²) in [6.45, 7) is 1.27. The molecule has 10 heteroatoms. The maximum Gasteiger partial charge on any atom is 0.336 e. The van der Waals surface area contributed by atoms with Crippen LogP contribution in [-0.2, 0) is 0 Å².